The van der Waals surface area contributed by atoms with E-state index in [1.54, 1.807) is 12.1 Å². The van der Waals surface area contributed by atoms with Gasteiger partial charge in [0.15, 0.2) is 0 Å². The molecule has 0 saturated carbocycles. The average molecular weight is 320 g/mol. The van der Waals surface area contributed by atoms with E-state index in [0.717, 1.165) is 21.9 Å². The highest BCUT2D eigenvalue weighted by molar-refractivity contribution is 7.99. The van der Waals surface area contributed by atoms with Gasteiger partial charge in [-0.15, -0.1) is 0 Å². The number of halogens is 3. The maximum absolute atomic E-state index is 6.13. The minimum atomic E-state index is 0.480. The molecule has 0 bridgehead atoms. The Balaban J connectivity index is 2.40. The van der Waals surface area contributed by atoms with Crippen LogP contribution in [0.4, 0.5) is 0 Å². The predicted molar refractivity (Wildman–Crippen MR) is 77.0 cm³/mol. The Bertz CT molecular complexity index is 575. The van der Waals surface area contributed by atoms with Gasteiger partial charge >= 0.3 is 0 Å². The first-order valence-electron chi connectivity index (χ1n) is 5.24. The second-order valence-corrected chi connectivity index (χ2v) is 5.71. The van der Waals surface area contributed by atoms with Crippen molar-refractivity contribution in [2.75, 3.05) is 0 Å². The van der Waals surface area contributed by atoms with Crippen LogP contribution in [-0.2, 0) is 6.42 Å². The molecular formula is C12H9Cl3N2S. The summed E-state index contributed by atoms with van der Waals surface area (Å²) in [6.45, 7) is 2.01. The summed E-state index contributed by atoms with van der Waals surface area (Å²) in [6.07, 6.45) is 2.21. The lowest BCUT2D eigenvalue weighted by Crippen LogP contribution is -1.93. The SMILES string of the molecule is CCc1c(Cl)ncnc1Sc1cc(Cl)ccc1Cl. The Morgan fingerprint density at radius 3 is 2.67 bits per heavy atom. The predicted octanol–water partition coefficient (Wildman–Crippen LogP) is 5.15. The highest BCUT2D eigenvalue weighted by Crippen LogP contribution is 2.36. The Kier molecular flexibility index (Phi) is 4.73. The molecule has 1 heterocycles. The number of hydrogen-bond donors (Lipinski definition) is 0. The maximum atomic E-state index is 6.13. The van der Waals surface area contributed by atoms with E-state index >= 15 is 0 Å². The van der Waals surface area contributed by atoms with Crippen LogP contribution >= 0.6 is 46.6 Å². The maximum Gasteiger partial charge on any atom is 0.136 e. The van der Waals surface area contributed by atoms with Crippen molar-refractivity contribution in [2.24, 2.45) is 0 Å². The van der Waals surface area contributed by atoms with Gasteiger partial charge < -0.3 is 0 Å². The van der Waals surface area contributed by atoms with E-state index in [9.17, 15) is 0 Å². The quantitative estimate of drug-likeness (QED) is 0.732. The first kappa shape index (κ1) is 13.9. The minimum absolute atomic E-state index is 0.480. The van der Waals surface area contributed by atoms with Crippen LogP contribution in [0.2, 0.25) is 15.2 Å². The van der Waals surface area contributed by atoms with Gasteiger partial charge in [-0.05, 0) is 24.6 Å². The van der Waals surface area contributed by atoms with Crippen LogP contribution in [0.5, 0.6) is 0 Å². The molecule has 2 nitrogen and oxygen atoms in total. The standard InChI is InChI=1S/C12H9Cl3N2S/c1-2-8-11(15)16-6-17-12(8)18-10-5-7(13)3-4-9(10)14/h3-6H,2H2,1H3. The third-order valence-electron chi connectivity index (χ3n) is 2.31. The molecule has 0 radical (unpaired) electrons. The van der Waals surface area contributed by atoms with Gasteiger partial charge in [-0.2, -0.15) is 0 Å². The van der Waals surface area contributed by atoms with Gasteiger partial charge in [0.2, 0.25) is 0 Å². The topological polar surface area (TPSA) is 25.8 Å². The smallest absolute Gasteiger partial charge is 0.136 e. The van der Waals surface area contributed by atoms with Gasteiger partial charge in [-0.25, -0.2) is 9.97 Å². The van der Waals surface area contributed by atoms with Crippen molar-refractivity contribution < 1.29 is 0 Å². The second-order valence-electron chi connectivity index (χ2n) is 3.48. The zero-order valence-corrected chi connectivity index (χ0v) is 12.5. The molecule has 2 rings (SSSR count). The normalized spacial score (nSPS) is 10.7. The molecule has 6 heteroatoms. The van der Waals surface area contributed by atoms with E-state index in [-0.39, 0.29) is 0 Å². The van der Waals surface area contributed by atoms with Crippen molar-refractivity contribution in [1.29, 1.82) is 0 Å². The van der Waals surface area contributed by atoms with Crippen LogP contribution in [-0.4, -0.2) is 9.97 Å². The van der Waals surface area contributed by atoms with Crippen LogP contribution in [0, 0.1) is 0 Å². The number of aromatic nitrogens is 2. The molecule has 2 aromatic rings. The van der Waals surface area contributed by atoms with Crippen molar-refractivity contribution in [2.45, 2.75) is 23.3 Å². The summed E-state index contributed by atoms with van der Waals surface area (Å²) in [6, 6.07) is 5.33. The molecule has 0 aliphatic heterocycles. The number of hydrogen-bond acceptors (Lipinski definition) is 3. The highest BCUT2D eigenvalue weighted by atomic mass is 35.5. The van der Waals surface area contributed by atoms with E-state index in [0.29, 0.717) is 15.2 Å². The summed E-state index contributed by atoms with van der Waals surface area (Å²) in [4.78, 5) is 9.07. The van der Waals surface area contributed by atoms with Crippen LogP contribution in [0.25, 0.3) is 0 Å². The number of rotatable bonds is 3. The Labute approximate surface area is 125 Å². The molecule has 0 unspecified atom stereocenters. The molecular weight excluding hydrogens is 311 g/mol. The third kappa shape index (κ3) is 3.09. The largest absolute Gasteiger partial charge is 0.229 e. The second kappa shape index (κ2) is 6.11. The molecule has 94 valence electrons. The molecule has 0 N–H and O–H groups in total. The fourth-order valence-electron chi connectivity index (χ4n) is 1.42. The van der Waals surface area contributed by atoms with E-state index in [1.165, 1.54) is 18.1 Å². The molecule has 18 heavy (non-hydrogen) atoms. The van der Waals surface area contributed by atoms with Gasteiger partial charge in [-0.3, -0.25) is 0 Å². The van der Waals surface area contributed by atoms with E-state index in [1.807, 2.05) is 13.0 Å². The molecule has 0 saturated heterocycles. The first-order chi connectivity index (χ1) is 8.61. The monoisotopic (exact) mass is 318 g/mol. The summed E-state index contributed by atoms with van der Waals surface area (Å²) < 4.78 is 0. The van der Waals surface area contributed by atoms with Crippen LogP contribution in [0.1, 0.15) is 12.5 Å². The van der Waals surface area contributed by atoms with Crippen LogP contribution in [0.3, 0.4) is 0 Å². The zero-order chi connectivity index (χ0) is 13.1. The van der Waals surface area contributed by atoms with Crippen LogP contribution < -0.4 is 0 Å². The van der Waals surface area contributed by atoms with Gasteiger partial charge in [0.25, 0.3) is 0 Å². The highest BCUT2D eigenvalue weighted by Gasteiger charge is 2.11. The van der Waals surface area contributed by atoms with E-state index in [2.05, 4.69) is 9.97 Å². The summed E-state index contributed by atoms with van der Waals surface area (Å²) in [5, 5.41) is 2.57. The van der Waals surface area contributed by atoms with Gasteiger partial charge in [0, 0.05) is 15.5 Å². The van der Waals surface area contributed by atoms with E-state index in [4.69, 9.17) is 34.8 Å². The van der Waals surface area contributed by atoms with Crippen molar-refractivity contribution in [3.8, 4) is 0 Å². The lowest BCUT2D eigenvalue weighted by Gasteiger charge is -2.08. The van der Waals surface area contributed by atoms with Crippen molar-refractivity contribution >= 4 is 46.6 Å². The summed E-state index contributed by atoms with van der Waals surface area (Å²) in [7, 11) is 0. The molecule has 0 fully saturated rings. The van der Waals surface area contributed by atoms with Crippen molar-refractivity contribution in [1.82, 2.24) is 9.97 Å². The molecule has 0 aliphatic rings. The zero-order valence-electron chi connectivity index (χ0n) is 9.45. The molecule has 1 aromatic heterocycles. The van der Waals surface area contributed by atoms with Crippen molar-refractivity contribution in [3.63, 3.8) is 0 Å². The average Bonchev–Trinajstić information content (AvgIpc) is 2.34. The fourth-order valence-corrected chi connectivity index (χ4v) is 3.24. The lowest BCUT2D eigenvalue weighted by molar-refractivity contribution is 0.944. The Morgan fingerprint density at radius 1 is 1.17 bits per heavy atom. The number of benzene rings is 1. The van der Waals surface area contributed by atoms with Gasteiger partial charge in [0.05, 0.1) is 5.02 Å². The summed E-state index contributed by atoms with van der Waals surface area (Å²) >= 11 is 19.6. The van der Waals surface area contributed by atoms with Gasteiger partial charge in [-0.1, -0.05) is 53.5 Å². The summed E-state index contributed by atoms with van der Waals surface area (Å²) in [5.74, 6) is 0. The molecule has 1 aromatic carbocycles. The Morgan fingerprint density at radius 2 is 1.94 bits per heavy atom. The Hall–Kier alpha value is -0.480. The van der Waals surface area contributed by atoms with Crippen molar-refractivity contribution in [3.05, 3.63) is 45.3 Å². The summed E-state index contributed by atoms with van der Waals surface area (Å²) in [5.41, 5.74) is 0.917. The molecule has 0 aliphatic carbocycles. The van der Waals surface area contributed by atoms with Crippen LogP contribution in [0.15, 0.2) is 34.4 Å². The third-order valence-corrected chi connectivity index (χ3v) is 4.41. The van der Waals surface area contributed by atoms with Gasteiger partial charge in [0.1, 0.15) is 16.5 Å². The first-order valence-corrected chi connectivity index (χ1v) is 7.19. The lowest BCUT2D eigenvalue weighted by atomic mass is 10.3. The molecule has 0 amide bonds. The molecule has 0 spiro atoms. The molecule has 0 atom stereocenters. The van der Waals surface area contributed by atoms with E-state index < -0.39 is 0 Å². The minimum Gasteiger partial charge on any atom is -0.229 e. The fraction of sp³-hybridized carbons (Fsp3) is 0.167. The number of nitrogens with zero attached hydrogens (tertiary/aromatic N) is 2.